The zero-order valence-corrected chi connectivity index (χ0v) is 13.6. The van der Waals surface area contributed by atoms with E-state index in [1.165, 1.54) is 6.07 Å². The highest BCUT2D eigenvalue weighted by atomic mass is 35.5. The summed E-state index contributed by atoms with van der Waals surface area (Å²) in [4.78, 5) is 18.4. The van der Waals surface area contributed by atoms with Crippen molar-refractivity contribution in [1.82, 2.24) is 4.98 Å². The number of benzene rings is 1. The van der Waals surface area contributed by atoms with Crippen molar-refractivity contribution in [2.75, 3.05) is 24.3 Å². The average Bonchev–Trinajstić information content (AvgIpc) is 3.28. The van der Waals surface area contributed by atoms with Gasteiger partial charge in [-0.05, 0) is 30.7 Å². The second-order valence-corrected chi connectivity index (χ2v) is 6.28. The first-order valence-corrected chi connectivity index (χ1v) is 7.73. The summed E-state index contributed by atoms with van der Waals surface area (Å²) in [6, 6.07) is 8.22. The van der Waals surface area contributed by atoms with Gasteiger partial charge in [0.05, 0.1) is 11.9 Å². The van der Waals surface area contributed by atoms with E-state index < -0.39 is 0 Å². The van der Waals surface area contributed by atoms with Crippen LogP contribution in [0, 0.1) is 11.7 Å². The Bertz CT molecular complexity index is 713. The number of nitrogens with zero attached hydrogens (tertiary/aromatic N) is 2. The maximum atomic E-state index is 13.9. The third-order valence-corrected chi connectivity index (χ3v) is 4.30. The Morgan fingerprint density at radius 1 is 1.35 bits per heavy atom. The molecule has 1 heterocycles. The number of carbonyl (C=O) groups excluding carboxylic acids is 1. The van der Waals surface area contributed by atoms with E-state index in [1.54, 1.807) is 24.4 Å². The van der Waals surface area contributed by atoms with Crippen molar-refractivity contribution in [3.8, 4) is 0 Å². The Labute approximate surface area is 139 Å². The molecule has 0 spiro atoms. The summed E-state index contributed by atoms with van der Waals surface area (Å²) < 4.78 is 13.9. The molecule has 1 fully saturated rings. The molecule has 6 heteroatoms. The standard InChI is InChI=1S/C17H17ClFN3O/c1-22(2)15-7-6-10(9-20-15)21-17(23)12-8-11(12)16-13(18)4-3-5-14(16)19/h3-7,9,11-12H,8H2,1-2H3,(H,21,23)/t11-,12+/m0/s1. The van der Waals surface area contributed by atoms with Crippen LogP contribution < -0.4 is 10.2 Å². The molecule has 120 valence electrons. The van der Waals surface area contributed by atoms with Gasteiger partial charge >= 0.3 is 0 Å². The topological polar surface area (TPSA) is 45.2 Å². The van der Waals surface area contributed by atoms with Gasteiger partial charge in [0.2, 0.25) is 5.91 Å². The van der Waals surface area contributed by atoms with Crippen LogP contribution in [0.25, 0.3) is 0 Å². The number of rotatable bonds is 4. The van der Waals surface area contributed by atoms with Crippen molar-refractivity contribution >= 4 is 29.0 Å². The van der Waals surface area contributed by atoms with E-state index in [-0.39, 0.29) is 23.6 Å². The Morgan fingerprint density at radius 3 is 2.74 bits per heavy atom. The van der Waals surface area contributed by atoms with Gasteiger partial charge in [0.15, 0.2) is 0 Å². The van der Waals surface area contributed by atoms with Crippen molar-refractivity contribution in [2.24, 2.45) is 5.92 Å². The molecule has 0 aliphatic heterocycles. The zero-order chi connectivity index (χ0) is 16.6. The number of aromatic nitrogens is 1. The fourth-order valence-electron chi connectivity index (χ4n) is 2.63. The molecule has 1 amide bonds. The molecule has 1 aliphatic carbocycles. The van der Waals surface area contributed by atoms with Gasteiger partial charge in [-0.2, -0.15) is 0 Å². The first kappa shape index (κ1) is 15.7. The molecule has 1 aromatic heterocycles. The Kier molecular flexibility index (Phi) is 4.22. The van der Waals surface area contributed by atoms with Crippen molar-refractivity contribution in [3.63, 3.8) is 0 Å². The van der Waals surface area contributed by atoms with Crippen LogP contribution in [-0.4, -0.2) is 25.0 Å². The molecule has 1 aromatic carbocycles. The number of anilines is 2. The highest BCUT2D eigenvalue weighted by molar-refractivity contribution is 6.31. The zero-order valence-electron chi connectivity index (χ0n) is 12.9. The summed E-state index contributed by atoms with van der Waals surface area (Å²) in [6.45, 7) is 0. The van der Waals surface area contributed by atoms with Gasteiger partial charge in [-0.3, -0.25) is 4.79 Å². The lowest BCUT2D eigenvalue weighted by molar-refractivity contribution is -0.117. The number of pyridine rings is 1. The highest BCUT2D eigenvalue weighted by Crippen LogP contribution is 2.50. The predicted octanol–water partition coefficient (Wildman–Crippen LogP) is 3.68. The summed E-state index contributed by atoms with van der Waals surface area (Å²) >= 11 is 6.06. The SMILES string of the molecule is CN(C)c1ccc(NC(=O)[C@@H]2C[C@@H]2c2c(F)cccc2Cl)cn1. The average molecular weight is 334 g/mol. The molecule has 0 unspecified atom stereocenters. The largest absolute Gasteiger partial charge is 0.363 e. The summed E-state index contributed by atoms with van der Waals surface area (Å²) in [5.74, 6) is -0.0791. The molecule has 0 bridgehead atoms. The number of hydrogen-bond acceptors (Lipinski definition) is 3. The minimum Gasteiger partial charge on any atom is -0.363 e. The predicted molar refractivity (Wildman–Crippen MR) is 89.5 cm³/mol. The molecule has 1 N–H and O–H groups in total. The summed E-state index contributed by atoms with van der Waals surface area (Å²) in [6.07, 6.45) is 2.22. The molecule has 1 aliphatic rings. The second kappa shape index (κ2) is 6.16. The van der Waals surface area contributed by atoms with E-state index in [0.717, 1.165) is 5.82 Å². The Morgan fingerprint density at radius 2 is 2.13 bits per heavy atom. The smallest absolute Gasteiger partial charge is 0.228 e. The van der Waals surface area contributed by atoms with Crippen LogP contribution in [0.5, 0.6) is 0 Å². The van der Waals surface area contributed by atoms with Gasteiger partial charge < -0.3 is 10.2 Å². The quantitative estimate of drug-likeness (QED) is 0.928. The van der Waals surface area contributed by atoms with E-state index in [4.69, 9.17) is 11.6 Å². The maximum absolute atomic E-state index is 13.9. The van der Waals surface area contributed by atoms with Gasteiger partial charge in [-0.25, -0.2) is 9.37 Å². The molecule has 4 nitrogen and oxygen atoms in total. The third-order valence-electron chi connectivity index (χ3n) is 3.97. The fourth-order valence-corrected chi connectivity index (χ4v) is 2.93. The maximum Gasteiger partial charge on any atom is 0.228 e. The summed E-state index contributed by atoms with van der Waals surface area (Å²) in [5.41, 5.74) is 1.07. The molecular formula is C17H17ClFN3O. The highest BCUT2D eigenvalue weighted by Gasteiger charge is 2.46. The van der Waals surface area contributed by atoms with Gasteiger partial charge in [-0.15, -0.1) is 0 Å². The normalized spacial score (nSPS) is 19.3. The van der Waals surface area contributed by atoms with E-state index in [9.17, 15) is 9.18 Å². The van der Waals surface area contributed by atoms with Crippen LogP contribution in [0.15, 0.2) is 36.5 Å². The first-order chi connectivity index (χ1) is 11.0. The van der Waals surface area contributed by atoms with Gasteiger partial charge in [0.25, 0.3) is 0 Å². The number of hydrogen-bond donors (Lipinski definition) is 1. The van der Waals surface area contributed by atoms with Crippen molar-refractivity contribution in [2.45, 2.75) is 12.3 Å². The number of carbonyl (C=O) groups is 1. The van der Waals surface area contributed by atoms with Gasteiger partial charge in [-0.1, -0.05) is 17.7 Å². The lowest BCUT2D eigenvalue weighted by Gasteiger charge is -2.11. The molecule has 0 saturated heterocycles. The molecule has 2 atom stereocenters. The van der Waals surface area contributed by atoms with Gasteiger partial charge in [0.1, 0.15) is 11.6 Å². The molecular weight excluding hydrogens is 317 g/mol. The van der Waals surface area contributed by atoms with E-state index in [0.29, 0.717) is 22.7 Å². The van der Waals surface area contributed by atoms with E-state index >= 15 is 0 Å². The number of halogens is 2. The van der Waals surface area contributed by atoms with Crippen molar-refractivity contribution in [1.29, 1.82) is 0 Å². The second-order valence-electron chi connectivity index (χ2n) is 5.87. The van der Waals surface area contributed by atoms with Crippen molar-refractivity contribution < 1.29 is 9.18 Å². The van der Waals surface area contributed by atoms with Crippen LogP contribution in [0.3, 0.4) is 0 Å². The van der Waals surface area contributed by atoms with E-state index in [2.05, 4.69) is 10.3 Å². The van der Waals surface area contributed by atoms with Crippen LogP contribution in [0.4, 0.5) is 15.9 Å². The molecule has 1 saturated carbocycles. The monoisotopic (exact) mass is 333 g/mol. The Balaban J connectivity index is 1.67. The lowest BCUT2D eigenvalue weighted by Crippen LogP contribution is -2.15. The molecule has 23 heavy (non-hydrogen) atoms. The summed E-state index contributed by atoms with van der Waals surface area (Å²) in [7, 11) is 3.79. The third kappa shape index (κ3) is 3.29. The Hall–Kier alpha value is -2.14. The minimum atomic E-state index is -0.352. The first-order valence-electron chi connectivity index (χ1n) is 7.35. The van der Waals surface area contributed by atoms with Crippen molar-refractivity contribution in [3.05, 3.63) is 52.9 Å². The van der Waals surface area contributed by atoms with E-state index in [1.807, 2.05) is 25.1 Å². The molecule has 2 aromatic rings. The summed E-state index contributed by atoms with van der Waals surface area (Å²) in [5, 5.41) is 3.20. The fraction of sp³-hybridized carbons (Fsp3) is 0.294. The minimum absolute atomic E-state index is 0.131. The van der Waals surface area contributed by atoms with Crippen LogP contribution in [0.1, 0.15) is 17.9 Å². The lowest BCUT2D eigenvalue weighted by atomic mass is 10.1. The number of nitrogens with one attached hydrogen (secondary N) is 1. The number of amides is 1. The van der Waals surface area contributed by atoms with Crippen LogP contribution >= 0.6 is 11.6 Å². The van der Waals surface area contributed by atoms with Crippen LogP contribution in [-0.2, 0) is 4.79 Å². The molecule has 0 radical (unpaired) electrons. The molecule has 3 rings (SSSR count). The van der Waals surface area contributed by atoms with Crippen LogP contribution in [0.2, 0.25) is 5.02 Å². The van der Waals surface area contributed by atoms with Gasteiger partial charge in [0, 0.05) is 36.5 Å².